The SMILES string of the molecule is CCN(CC)C1(CC(=O)O)CCC(c2ccccc2)CC1. The lowest BCUT2D eigenvalue weighted by atomic mass is 9.71. The van der Waals surface area contributed by atoms with Crippen LogP contribution in [0.15, 0.2) is 30.3 Å². The highest BCUT2D eigenvalue weighted by Crippen LogP contribution is 2.42. The van der Waals surface area contributed by atoms with E-state index in [0.717, 1.165) is 38.8 Å². The van der Waals surface area contributed by atoms with Crippen LogP contribution in [0.25, 0.3) is 0 Å². The van der Waals surface area contributed by atoms with Crippen molar-refractivity contribution in [1.82, 2.24) is 4.90 Å². The molecule has 1 saturated carbocycles. The number of carboxylic acids is 1. The highest BCUT2D eigenvalue weighted by molar-refractivity contribution is 5.68. The van der Waals surface area contributed by atoms with Gasteiger partial charge >= 0.3 is 5.97 Å². The van der Waals surface area contributed by atoms with Crippen molar-refractivity contribution >= 4 is 5.97 Å². The van der Waals surface area contributed by atoms with E-state index in [1.807, 2.05) is 0 Å². The Balaban J connectivity index is 2.11. The fourth-order valence-electron chi connectivity index (χ4n) is 3.99. The molecule has 0 radical (unpaired) electrons. The van der Waals surface area contributed by atoms with Gasteiger partial charge in [0, 0.05) is 5.54 Å². The van der Waals surface area contributed by atoms with E-state index in [1.54, 1.807) is 0 Å². The van der Waals surface area contributed by atoms with Crippen LogP contribution in [0.1, 0.15) is 57.4 Å². The van der Waals surface area contributed by atoms with Crippen LogP contribution in [0.4, 0.5) is 0 Å². The maximum atomic E-state index is 11.3. The smallest absolute Gasteiger partial charge is 0.305 e. The van der Waals surface area contributed by atoms with Gasteiger partial charge in [0.15, 0.2) is 0 Å². The third-order valence-corrected chi connectivity index (χ3v) is 5.10. The number of nitrogens with zero attached hydrogens (tertiary/aromatic N) is 1. The molecule has 0 atom stereocenters. The molecule has 1 aromatic carbocycles. The molecule has 0 amide bonds. The average Bonchev–Trinajstić information content (AvgIpc) is 2.49. The zero-order valence-corrected chi connectivity index (χ0v) is 13.2. The zero-order chi connectivity index (χ0) is 15.3. The largest absolute Gasteiger partial charge is 0.481 e. The molecule has 21 heavy (non-hydrogen) atoms. The second-order valence-corrected chi connectivity index (χ2v) is 6.15. The maximum absolute atomic E-state index is 11.3. The van der Waals surface area contributed by atoms with Gasteiger partial charge in [-0.15, -0.1) is 0 Å². The minimum absolute atomic E-state index is 0.138. The van der Waals surface area contributed by atoms with E-state index in [1.165, 1.54) is 5.56 Å². The third kappa shape index (κ3) is 3.65. The van der Waals surface area contributed by atoms with Crippen LogP contribution >= 0.6 is 0 Å². The predicted molar refractivity (Wildman–Crippen MR) is 85.6 cm³/mol. The van der Waals surface area contributed by atoms with Gasteiger partial charge in [0.25, 0.3) is 0 Å². The van der Waals surface area contributed by atoms with Gasteiger partial charge in [0.2, 0.25) is 0 Å². The van der Waals surface area contributed by atoms with Crippen molar-refractivity contribution in [2.45, 2.75) is 57.4 Å². The molecule has 3 nitrogen and oxygen atoms in total. The topological polar surface area (TPSA) is 40.5 Å². The second-order valence-electron chi connectivity index (χ2n) is 6.15. The second kappa shape index (κ2) is 7.08. The van der Waals surface area contributed by atoms with Crippen LogP contribution < -0.4 is 0 Å². The fraction of sp³-hybridized carbons (Fsp3) is 0.611. The summed E-state index contributed by atoms with van der Waals surface area (Å²) in [5.74, 6) is -0.0799. The molecule has 1 fully saturated rings. The molecular formula is C18H27NO2. The van der Waals surface area contributed by atoms with E-state index in [2.05, 4.69) is 49.1 Å². The summed E-state index contributed by atoms with van der Waals surface area (Å²) in [5.41, 5.74) is 1.27. The summed E-state index contributed by atoms with van der Waals surface area (Å²) in [6.45, 7) is 6.13. The molecule has 0 heterocycles. The number of rotatable bonds is 6. The van der Waals surface area contributed by atoms with Crippen LogP contribution in [-0.4, -0.2) is 34.6 Å². The van der Waals surface area contributed by atoms with E-state index < -0.39 is 5.97 Å². The number of hydrogen-bond acceptors (Lipinski definition) is 2. The van der Waals surface area contributed by atoms with E-state index in [4.69, 9.17) is 0 Å². The van der Waals surface area contributed by atoms with Crippen molar-refractivity contribution in [1.29, 1.82) is 0 Å². The summed E-state index contributed by atoms with van der Waals surface area (Å²) in [7, 11) is 0. The normalized spacial score (nSPS) is 26.0. The van der Waals surface area contributed by atoms with Gasteiger partial charge in [-0.2, -0.15) is 0 Å². The summed E-state index contributed by atoms with van der Waals surface area (Å²) in [4.78, 5) is 13.7. The van der Waals surface area contributed by atoms with Gasteiger partial charge in [0.05, 0.1) is 6.42 Å². The molecule has 3 heteroatoms. The first-order valence-electron chi connectivity index (χ1n) is 8.13. The van der Waals surface area contributed by atoms with Gasteiger partial charge in [0.1, 0.15) is 0 Å². The molecule has 0 aliphatic heterocycles. The standard InChI is InChI=1S/C18H27NO2/c1-3-19(4-2)18(14-17(20)21)12-10-16(11-13-18)15-8-6-5-7-9-15/h5-9,16H,3-4,10-14H2,1-2H3,(H,20,21). The summed E-state index contributed by atoms with van der Waals surface area (Å²) < 4.78 is 0. The quantitative estimate of drug-likeness (QED) is 0.863. The molecule has 2 rings (SSSR count). The molecule has 0 aromatic heterocycles. The van der Waals surface area contributed by atoms with E-state index in [9.17, 15) is 9.90 Å². The van der Waals surface area contributed by atoms with Crippen molar-refractivity contribution < 1.29 is 9.90 Å². The Morgan fingerprint density at radius 1 is 1.19 bits per heavy atom. The van der Waals surface area contributed by atoms with Crippen molar-refractivity contribution in [3.63, 3.8) is 0 Å². The molecule has 116 valence electrons. The summed E-state index contributed by atoms with van der Waals surface area (Å²) >= 11 is 0. The highest BCUT2D eigenvalue weighted by atomic mass is 16.4. The Morgan fingerprint density at radius 2 is 1.76 bits per heavy atom. The van der Waals surface area contributed by atoms with Gasteiger partial charge in [-0.05, 0) is 50.3 Å². The molecule has 0 unspecified atom stereocenters. The highest BCUT2D eigenvalue weighted by Gasteiger charge is 2.41. The molecule has 0 bridgehead atoms. The summed E-state index contributed by atoms with van der Waals surface area (Å²) in [6.07, 6.45) is 4.43. The lowest BCUT2D eigenvalue weighted by molar-refractivity contribution is -0.141. The van der Waals surface area contributed by atoms with Crippen molar-refractivity contribution in [2.75, 3.05) is 13.1 Å². The Kier molecular flexibility index (Phi) is 5.40. The number of carbonyl (C=O) groups is 1. The van der Waals surface area contributed by atoms with E-state index >= 15 is 0 Å². The minimum Gasteiger partial charge on any atom is -0.481 e. The molecule has 1 aliphatic rings. The van der Waals surface area contributed by atoms with Crippen LogP contribution in [0.5, 0.6) is 0 Å². The number of hydrogen-bond donors (Lipinski definition) is 1. The monoisotopic (exact) mass is 289 g/mol. The van der Waals surface area contributed by atoms with E-state index in [-0.39, 0.29) is 12.0 Å². The first-order chi connectivity index (χ1) is 10.1. The van der Waals surface area contributed by atoms with Crippen LogP contribution in [0.3, 0.4) is 0 Å². The van der Waals surface area contributed by atoms with Gasteiger partial charge in [-0.1, -0.05) is 44.2 Å². The Morgan fingerprint density at radius 3 is 2.24 bits per heavy atom. The maximum Gasteiger partial charge on any atom is 0.305 e. The fourth-order valence-corrected chi connectivity index (χ4v) is 3.99. The van der Waals surface area contributed by atoms with Crippen LogP contribution in [0.2, 0.25) is 0 Å². The van der Waals surface area contributed by atoms with Crippen molar-refractivity contribution in [2.24, 2.45) is 0 Å². The van der Waals surface area contributed by atoms with Crippen LogP contribution in [-0.2, 0) is 4.79 Å². The third-order valence-electron chi connectivity index (χ3n) is 5.10. The van der Waals surface area contributed by atoms with Gasteiger partial charge in [-0.25, -0.2) is 0 Å². The number of carboxylic acid groups (broad SMARTS) is 1. The number of benzene rings is 1. The number of aliphatic carboxylic acids is 1. The van der Waals surface area contributed by atoms with E-state index in [0.29, 0.717) is 5.92 Å². The molecule has 1 aliphatic carbocycles. The summed E-state index contributed by atoms with van der Waals surface area (Å²) in [5, 5.41) is 9.33. The van der Waals surface area contributed by atoms with Crippen molar-refractivity contribution in [3.8, 4) is 0 Å². The lowest BCUT2D eigenvalue weighted by Crippen LogP contribution is -2.52. The Labute approximate surface area is 128 Å². The molecule has 1 aromatic rings. The molecule has 0 saturated heterocycles. The Bertz CT molecular complexity index is 446. The zero-order valence-electron chi connectivity index (χ0n) is 13.2. The Hall–Kier alpha value is -1.35. The molecular weight excluding hydrogens is 262 g/mol. The summed E-state index contributed by atoms with van der Waals surface area (Å²) in [6, 6.07) is 10.6. The molecule has 0 spiro atoms. The van der Waals surface area contributed by atoms with Gasteiger partial charge < -0.3 is 5.11 Å². The first-order valence-corrected chi connectivity index (χ1v) is 8.13. The van der Waals surface area contributed by atoms with Crippen LogP contribution in [0, 0.1) is 0 Å². The average molecular weight is 289 g/mol. The first kappa shape index (κ1) is 16.0. The van der Waals surface area contributed by atoms with Gasteiger partial charge in [-0.3, -0.25) is 9.69 Å². The molecule has 1 N–H and O–H groups in total. The van der Waals surface area contributed by atoms with Crippen molar-refractivity contribution in [3.05, 3.63) is 35.9 Å². The predicted octanol–water partition coefficient (Wildman–Crippen LogP) is 3.90. The minimum atomic E-state index is -0.667. The lowest BCUT2D eigenvalue weighted by Gasteiger charge is -2.47.